The van der Waals surface area contributed by atoms with Gasteiger partial charge in [0, 0.05) is 41.9 Å². The van der Waals surface area contributed by atoms with Gasteiger partial charge in [0.15, 0.2) is 0 Å². The first-order valence-corrected chi connectivity index (χ1v) is 8.76. The summed E-state index contributed by atoms with van der Waals surface area (Å²) < 4.78 is 11.4. The van der Waals surface area contributed by atoms with Gasteiger partial charge in [-0.05, 0) is 26.2 Å². The third kappa shape index (κ3) is 4.50. The van der Waals surface area contributed by atoms with Gasteiger partial charge in [0.2, 0.25) is 17.8 Å². The fraction of sp³-hybridized carbons (Fsp3) is 0.750. The van der Waals surface area contributed by atoms with Crippen LogP contribution in [0.3, 0.4) is 0 Å². The van der Waals surface area contributed by atoms with Gasteiger partial charge in [0.05, 0.1) is 0 Å². The van der Waals surface area contributed by atoms with E-state index in [2.05, 4.69) is 30.6 Å². The average Bonchev–Trinajstić information content (AvgIpc) is 2.52. The summed E-state index contributed by atoms with van der Waals surface area (Å²) in [6.07, 6.45) is 5.22. The Kier molecular flexibility index (Phi) is 5.68. The predicted octanol–water partition coefficient (Wildman–Crippen LogP) is 0.326. The van der Waals surface area contributed by atoms with Crippen molar-refractivity contribution in [2.45, 2.75) is 31.4 Å². The van der Waals surface area contributed by atoms with Crippen LogP contribution in [0, 0.1) is 0 Å². The minimum absolute atomic E-state index is 0.0227. The molecular formula is C12H23N7OS. The molecule has 0 amide bonds. The molecule has 1 aliphatic rings. The molecule has 1 aliphatic heterocycles. The summed E-state index contributed by atoms with van der Waals surface area (Å²) in [5.74, 6) is 6.84. The molecule has 0 radical (unpaired) electrons. The van der Waals surface area contributed by atoms with E-state index in [1.54, 1.807) is 6.26 Å². The maximum Gasteiger partial charge on any atom is 0.243 e. The summed E-state index contributed by atoms with van der Waals surface area (Å²) in [5.41, 5.74) is 2.47. The van der Waals surface area contributed by atoms with Gasteiger partial charge < -0.3 is 10.2 Å². The SMILES string of the molecule is CC(CNc1nc(NN)nc(N2CCCCC2)n1)S(C)=O. The second kappa shape index (κ2) is 7.51. The Morgan fingerprint density at radius 2 is 1.90 bits per heavy atom. The molecule has 2 heterocycles. The van der Waals surface area contributed by atoms with E-state index in [1.165, 1.54) is 6.42 Å². The number of piperidine rings is 1. The summed E-state index contributed by atoms with van der Waals surface area (Å²) in [7, 11) is -0.885. The molecule has 1 saturated heterocycles. The Labute approximate surface area is 127 Å². The molecule has 0 bridgehead atoms. The van der Waals surface area contributed by atoms with Crippen LogP contribution in [0.5, 0.6) is 0 Å². The van der Waals surface area contributed by atoms with Crippen molar-refractivity contribution in [1.82, 2.24) is 15.0 Å². The molecule has 8 nitrogen and oxygen atoms in total. The maximum atomic E-state index is 11.4. The third-order valence-corrected chi connectivity index (χ3v) is 4.81. The lowest BCUT2D eigenvalue weighted by molar-refractivity contribution is 0.568. The van der Waals surface area contributed by atoms with Gasteiger partial charge in [-0.15, -0.1) is 0 Å². The van der Waals surface area contributed by atoms with Crippen LogP contribution in [0.4, 0.5) is 17.8 Å². The van der Waals surface area contributed by atoms with Crippen molar-refractivity contribution in [2.75, 3.05) is 41.5 Å². The molecule has 0 aromatic carbocycles. The first-order chi connectivity index (χ1) is 10.1. The summed E-state index contributed by atoms with van der Waals surface area (Å²) in [4.78, 5) is 15.1. The minimum atomic E-state index is -0.885. The molecular weight excluding hydrogens is 290 g/mol. The molecule has 2 rings (SSSR count). The molecule has 0 saturated carbocycles. The van der Waals surface area contributed by atoms with Crippen molar-refractivity contribution in [3.63, 3.8) is 0 Å². The zero-order valence-electron chi connectivity index (χ0n) is 12.5. The second-order valence-corrected chi connectivity index (χ2v) is 6.97. The lowest BCUT2D eigenvalue weighted by Crippen LogP contribution is -2.32. The number of nitrogen functional groups attached to an aromatic ring is 1. The molecule has 21 heavy (non-hydrogen) atoms. The molecule has 2 atom stereocenters. The molecule has 0 spiro atoms. The maximum absolute atomic E-state index is 11.4. The van der Waals surface area contributed by atoms with Crippen molar-refractivity contribution in [3.05, 3.63) is 0 Å². The van der Waals surface area contributed by atoms with Crippen LogP contribution in [0.15, 0.2) is 0 Å². The van der Waals surface area contributed by atoms with Gasteiger partial charge in [0.1, 0.15) is 0 Å². The highest BCUT2D eigenvalue weighted by Crippen LogP contribution is 2.18. The molecule has 0 aliphatic carbocycles. The van der Waals surface area contributed by atoms with Gasteiger partial charge in [0.25, 0.3) is 0 Å². The number of nitrogens with one attached hydrogen (secondary N) is 2. The Morgan fingerprint density at radius 3 is 2.52 bits per heavy atom. The monoisotopic (exact) mass is 313 g/mol. The summed E-state index contributed by atoms with van der Waals surface area (Å²) >= 11 is 0. The Balaban J connectivity index is 2.11. The zero-order valence-corrected chi connectivity index (χ0v) is 13.3. The van der Waals surface area contributed by atoms with Gasteiger partial charge in [-0.1, -0.05) is 0 Å². The van der Waals surface area contributed by atoms with E-state index in [-0.39, 0.29) is 5.25 Å². The van der Waals surface area contributed by atoms with Crippen LogP contribution in [-0.2, 0) is 10.8 Å². The van der Waals surface area contributed by atoms with Gasteiger partial charge >= 0.3 is 0 Å². The largest absolute Gasteiger partial charge is 0.353 e. The highest BCUT2D eigenvalue weighted by atomic mass is 32.2. The summed E-state index contributed by atoms with van der Waals surface area (Å²) in [6.45, 7) is 4.35. The van der Waals surface area contributed by atoms with Gasteiger partial charge in [-0.2, -0.15) is 15.0 Å². The van der Waals surface area contributed by atoms with E-state index < -0.39 is 10.8 Å². The fourth-order valence-electron chi connectivity index (χ4n) is 2.10. The van der Waals surface area contributed by atoms with E-state index >= 15 is 0 Å². The molecule has 118 valence electrons. The highest BCUT2D eigenvalue weighted by molar-refractivity contribution is 7.84. The second-order valence-electron chi connectivity index (χ2n) is 5.16. The zero-order chi connectivity index (χ0) is 15.2. The van der Waals surface area contributed by atoms with E-state index in [4.69, 9.17) is 5.84 Å². The van der Waals surface area contributed by atoms with E-state index in [0.29, 0.717) is 24.4 Å². The summed E-state index contributed by atoms with van der Waals surface area (Å²) in [5, 5.41) is 3.13. The van der Waals surface area contributed by atoms with Crippen LogP contribution < -0.4 is 21.5 Å². The van der Waals surface area contributed by atoms with Crippen molar-refractivity contribution in [1.29, 1.82) is 0 Å². The molecule has 9 heteroatoms. The molecule has 1 aromatic heterocycles. The topological polar surface area (TPSA) is 109 Å². The minimum Gasteiger partial charge on any atom is -0.353 e. The van der Waals surface area contributed by atoms with E-state index in [9.17, 15) is 4.21 Å². The first-order valence-electron chi connectivity index (χ1n) is 7.14. The van der Waals surface area contributed by atoms with Crippen molar-refractivity contribution in [3.8, 4) is 0 Å². The van der Waals surface area contributed by atoms with Gasteiger partial charge in [-0.25, -0.2) is 5.84 Å². The van der Waals surface area contributed by atoms with Crippen molar-refractivity contribution >= 4 is 28.6 Å². The van der Waals surface area contributed by atoms with Gasteiger partial charge in [-0.3, -0.25) is 9.63 Å². The van der Waals surface area contributed by atoms with Crippen molar-refractivity contribution < 1.29 is 4.21 Å². The van der Waals surface area contributed by atoms with E-state index in [0.717, 1.165) is 25.9 Å². The molecule has 1 fully saturated rings. The molecule has 4 N–H and O–H groups in total. The molecule has 1 aromatic rings. The van der Waals surface area contributed by atoms with Crippen LogP contribution in [0.2, 0.25) is 0 Å². The number of rotatable bonds is 6. The Bertz CT molecular complexity index is 492. The number of hydrazine groups is 1. The van der Waals surface area contributed by atoms with Crippen LogP contribution in [0.1, 0.15) is 26.2 Å². The van der Waals surface area contributed by atoms with Crippen LogP contribution in [-0.4, -0.2) is 50.3 Å². The first kappa shape index (κ1) is 15.9. The summed E-state index contributed by atoms with van der Waals surface area (Å²) in [6, 6.07) is 0. The van der Waals surface area contributed by atoms with Crippen LogP contribution >= 0.6 is 0 Å². The number of hydrogen-bond acceptors (Lipinski definition) is 8. The highest BCUT2D eigenvalue weighted by Gasteiger charge is 2.16. The number of anilines is 3. The normalized spacial score (nSPS) is 18.1. The van der Waals surface area contributed by atoms with Crippen molar-refractivity contribution in [2.24, 2.45) is 5.84 Å². The lowest BCUT2D eigenvalue weighted by Gasteiger charge is -2.27. The third-order valence-electron chi connectivity index (χ3n) is 3.51. The van der Waals surface area contributed by atoms with E-state index in [1.807, 2.05) is 6.92 Å². The van der Waals surface area contributed by atoms with Crippen LogP contribution in [0.25, 0.3) is 0 Å². The Hall–Kier alpha value is -1.48. The quantitative estimate of drug-likeness (QED) is 0.509. The Morgan fingerprint density at radius 1 is 1.24 bits per heavy atom. The predicted molar refractivity (Wildman–Crippen MR) is 85.7 cm³/mol. The number of aromatic nitrogens is 3. The number of nitrogens with two attached hydrogens (primary N) is 1. The fourth-order valence-corrected chi connectivity index (χ4v) is 2.41. The number of hydrogen-bond donors (Lipinski definition) is 3. The standard InChI is InChI=1S/C12H23N7OS/c1-9(21(2)20)8-14-10-15-11(18-13)17-12(16-10)19-6-4-3-5-7-19/h9H,3-8,13H2,1-2H3,(H2,14,15,16,17,18). The molecule has 2 unspecified atom stereocenters. The lowest BCUT2D eigenvalue weighted by atomic mass is 10.1. The smallest absolute Gasteiger partial charge is 0.243 e. The number of nitrogens with zero attached hydrogens (tertiary/aromatic N) is 4. The average molecular weight is 313 g/mol.